The second-order valence-electron chi connectivity index (χ2n) is 2.31. The van der Waals surface area contributed by atoms with Crippen LogP contribution in [0.4, 0.5) is 0 Å². The van der Waals surface area contributed by atoms with Gasteiger partial charge in [-0.05, 0) is 13.8 Å². The second kappa shape index (κ2) is 2.56. The highest BCUT2D eigenvalue weighted by Crippen LogP contribution is 2.12. The zero-order valence-electron chi connectivity index (χ0n) is 5.90. The number of ether oxygens (including phenoxy) is 2. The summed E-state index contributed by atoms with van der Waals surface area (Å²) in [5, 5.41) is 8.97. The van der Waals surface area contributed by atoms with Crippen molar-refractivity contribution in [2.45, 2.75) is 32.3 Å². The van der Waals surface area contributed by atoms with E-state index in [1.165, 1.54) is 6.92 Å². The van der Waals surface area contributed by atoms with Gasteiger partial charge in [-0.1, -0.05) is 0 Å². The summed E-state index contributed by atoms with van der Waals surface area (Å²) in [6, 6.07) is 0. The summed E-state index contributed by atoms with van der Waals surface area (Å²) < 4.78 is 9.49. The van der Waals surface area contributed by atoms with Gasteiger partial charge in [-0.2, -0.15) is 0 Å². The summed E-state index contributed by atoms with van der Waals surface area (Å²) in [6.45, 7) is 3.12. The van der Waals surface area contributed by atoms with Crippen molar-refractivity contribution in [3.05, 3.63) is 0 Å². The van der Waals surface area contributed by atoms with E-state index in [0.717, 1.165) is 0 Å². The Labute approximate surface area is 58.7 Å². The molecule has 0 aromatic heterocycles. The smallest absolute Gasteiger partial charge is 0.335 e. The number of rotatable bonds is 0. The van der Waals surface area contributed by atoms with Gasteiger partial charge in [-0.25, -0.2) is 4.79 Å². The van der Waals surface area contributed by atoms with E-state index < -0.39 is 24.5 Å². The topological polar surface area (TPSA) is 55.8 Å². The Kier molecular flexibility index (Phi) is 1.92. The number of carbonyl (C=O) groups is 1. The number of hydrogen-bond acceptors (Lipinski definition) is 4. The molecule has 1 aliphatic heterocycles. The highest BCUT2D eigenvalue weighted by Gasteiger charge is 2.31. The van der Waals surface area contributed by atoms with E-state index in [1.54, 1.807) is 6.92 Å². The number of hydrogen-bond donors (Lipinski definition) is 1. The van der Waals surface area contributed by atoms with E-state index in [9.17, 15) is 4.79 Å². The predicted octanol–water partition coefficient (Wildman–Crippen LogP) is -0.345. The average Bonchev–Trinajstić information content (AvgIpc) is 1.84. The van der Waals surface area contributed by atoms with Crippen LogP contribution in [-0.2, 0) is 14.3 Å². The van der Waals surface area contributed by atoms with Crippen LogP contribution in [0.3, 0.4) is 0 Å². The first-order chi connectivity index (χ1) is 4.61. The first-order valence-corrected chi connectivity index (χ1v) is 3.15. The van der Waals surface area contributed by atoms with Crippen LogP contribution in [0.25, 0.3) is 0 Å². The lowest BCUT2D eigenvalue weighted by molar-refractivity contribution is -0.239. The van der Waals surface area contributed by atoms with E-state index >= 15 is 0 Å². The minimum absolute atomic E-state index is 0.419. The maximum absolute atomic E-state index is 10.7. The Morgan fingerprint density at radius 1 is 1.50 bits per heavy atom. The van der Waals surface area contributed by atoms with Gasteiger partial charge in [0.2, 0.25) is 0 Å². The minimum atomic E-state index is -0.979. The zero-order chi connectivity index (χ0) is 7.72. The fourth-order valence-electron chi connectivity index (χ4n) is 0.713. The van der Waals surface area contributed by atoms with Crippen molar-refractivity contribution in [3.8, 4) is 0 Å². The van der Waals surface area contributed by atoms with Crippen LogP contribution in [0.1, 0.15) is 13.8 Å². The van der Waals surface area contributed by atoms with Gasteiger partial charge in [0.15, 0.2) is 12.4 Å². The molecule has 1 N–H and O–H groups in total. The van der Waals surface area contributed by atoms with Gasteiger partial charge in [0, 0.05) is 0 Å². The van der Waals surface area contributed by atoms with Gasteiger partial charge in [-0.15, -0.1) is 0 Å². The Morgan fingerprint density at radius 2 is 2.10 bits per heavy atom. The molecule has 0 aromatic carbocycles. The predicted molar refractivity (Wildman–Crippen MR) is 32.1 cm³/mol. The molecule has 0 aromatic rings. The van der Waals surface area contributed by atoms with Gasteiger partial charge in [0.1, 0.15) is 6.10 Å². The van der Waals surface area contributed by atoms with E-state index in [2.05, 4.69) is 0 Å². The van der Waals surface area contributed by atoms with Crippen molar-refractivity contribution >= 4 is 5.97 Å². The molecule has 4 nitrogen and oxygen atoms in total. The SMILES string of the molecule is C[C@@H]1OC(O)[C@H](C)OC1=O. The summed E-state index contributed by atoms with van der Waals surface area (Å²) >= 11 is 0. The fourth-order valence-corrected chi connectivity index (χ4v) is 0.713. The first-order valence-electron chi connectivity index (χ1n) is 3.15. The third-order valence-corrected chi connectivity index (χ3v) is 1.38. The molecule has 1 unspecified atom stereocenters. The number of esters is 1. The average molecular weight is 146 g/mol. The third kappa shape index (κ3) is 1.27. The molecule has 0 radical (unpaired) electrons. The molecular formula is C6H10O4. The lowest BCUT2D eigenvalue weighted by Gasteiger charge is -2.28. The maximum Gasteiger partial charge on any atom is 0.335 e. The first kappa shape index (κ1) is 7.50. The summed E-state index contributed by atoms with van der Waals surface area (Å²) in [6.07, 6.45) is -2.18. The molecule has 1 aliphatic rings. The molecule has 1 heterocycles. The molecule has 1 rings (SSSR count). The monoisotopic (exact) mass is 146 g/mol. The Balaban J connectivity index is 2.54. The highest BCUT2D eigenvalue weighted by atomic mass is 16.7. The van der Waals surface area contributed by atoms with Crippen LogP contribution in [0.2, 0.25) is 0 Å². The van der Waals surface area contributed by atoms with Crippen molar-refractivity contribution in [1.29, 1.82) is 0 Å². The van der Waals surface area contributed by atoms with Crippen LogP contribution in [0.5, 0.6) is 0 Å². The van der Waals surface area contributed by atoms with E-state index in [4.69, 9.17) is 14.6 Å². The number of aliphatic hydroxyl groups excluding tert-OH is 1. The molecule has 10 heavy (non-hydrogen) atoms. The van der Waals surface area contributed by atoms with Gasteiger partial charge in [0.25, 0.3) is 0 Å². The molecule has 0 spiro atoms. The van der Waals surface area contributed by atoms with Crippen LogP contribution >= 0.6 is 0 Å². The number of aliphatic hydroxyl groups is 1. The van der Waals surface area contributed by atoms with Gasteiger partial charge >= 0.3 is 5.97 Å². The van der Waals surface area contributed by atoms with Crippen LogP contribution in [0, 0.1) is 0 Å². The van der Waals surface area contributed by atoms with Crippen molar-refractivity contribution in [2.24, 2.45) is 0 Å². The molecule has 0 bridgehead atoms. The highest BCUT2D eigenvalue weighted by molar-refractivity contribution is 5.74. The molecule has 3 atom stereocenters. The normalized spacial score (nSPS) is 41.1. The Morgan fingerprint density at radius 3 is 2.60 bits per heavy atom. The van der Waals surface area contributed by atoms with Crippen LogP contribution in [0.15, 0.2) is 0 Å². The van der Waals surface area contributed by atoms with Crippen molar-refractivity contribution in [1.82, 2.24) is 0 Å². The third-order valence-electron chi connectivity index (χ3n) is 1.38. The zero-order valence-corrected chi connectivity index (χ0v) is 5.90. The van der Waals surface area contributed by atoms with Crippen molar-refractivity contribution in [3.63, 3.8) is 0 Å². The lowest BCUT2D eigenvalue weighted by Crippen LogP contribution is -2.43. The molecule has 0 aliphatic carbocycles. The molecule has 0 saturated carbocycles. The van der Waals surface area contributed by atoms with Gasteiger partial charge < -0.3 is 14.6 Å². The van der Waals surface area contributed by atoms with E-state index in [-0.39, 0.29) is 0 Å². The van der Waals surface area contributed by atoms with Crippen molar-refractivity contribution < 1.29 is 19.4 Å². The van der Waals surface area contributed by atoms with Gasteiger partial charge in [0.05, 0.1) is 0 Å². The minimum Gasteiger partial charge on any atom is -0.455 e. The fraction of sp³-hybridized carbons (Fsp3) is 0.833. The Hall–Kier alpha value is -0.610. The standard InChI is InChI=1S/C6H10O4/c1-3-5(7)10-4(2)6(8)9-3/h3-5,7H,1-2H3/t3-,4-,5?/m0/s1. The van der Waals surface area contributed by atoms with Gasteiger partial charge in [-0.3, -0.25) is 0 Å². The lowest BCUT2D eigenvalue weighted by atomic mass is 10.3. The molecule has 58 valence electrons. The summed E-state index contributed by atoms with van der Waals surface area (Å²) in [5.74, 6) is -0.419. The quantitative estimate of drug-likeness (QED) is 0.475. The van der Waals surface area contributed by atoms with E-state index in [1.807, 2.05) is 0 Å². The summed E-state index contributed by atoms with van der Waals surface area (Å²) in [5.41, 5.74) is 0. The van der Waals surface area contributed by atoms with Crippen molar-refractivity contribution in [2.75, 3.05) is 0 Å². The molecule has 1 fully saturated rings. The summed E-state index contributed by atoms with van der Waals surface area (Å²) in [7, 11) is 0. The maximum atomic E-state index is 10.7. The number of carbonyl (C=O) groups excluding carboxylic acids is 1. The Bertz CT molecular complexity index is 145. The second-order valence-corrected chi connectivity index (χ2v) is 2.31. The molecular weight excluding hydrogens is 136 g/mol. The summed E-state index contributed by atoms with van der Waals surface area (Å²) in [4.78, 5) is 10.7. The van der Waals surface area contributed by atoms with E-state index in [0.29, 0.717) is 0 Å². The van der Waals surface area contributed by atoms with Crippen LogP contribution in [-0.4, -0.2) is 29.6 Å². The van der Waals surface area contributed by atoms with Crippen LogP contribution < -0.4 is 0 Å². The largest absolute Gasteiger partial charge is 0.455 e. The molecule has 1 saturated heterocycles. The molecule has 0 amide bonds. The molecule has 4 heteroatoms. The number of cyclic esters (lactones) is 1.